The van der Waals surface area contributed by atoms with Gasteiger partial charge in [0.25, 0.3) is 0 Å². The van der Waals surface area contributed by atoms with E-state index in [4.69, 9.17) is 13.6 Å². The maximum atomic E-state index is 5.80. The Morgan fingerprint density at radius 3 is 2.53 bits per heavy atom. The van der Waals surface area contributed by atoms with Gasteiger partial charge < -0.3 is 18.9 Å². The molecule has 2 aromatic rings. The first kappa shape index (κ1) is 13.9. The molecule has 19 heavy (non-hydrogen) atoms. The van der Waals surface area contributed by atoms with Crippen molar-refractivity contribution >= 4 is 0 Å². The molecule has 0 saturated carbocycles. The van der Waals surface area contributed by atoms with Gasteiger partial charge in [0.1, 0.15) is 35.7 Å². The Hall–Kier alpha value is -1.52. The molecule has 0 aliphatic heterocycles. The van der Waals surface area contributed by atoms with E-state index in [9.17, 15) is 0 Å². The van der Waals surface area contributed by atoms with Crippen molar-refractivity contribution in [3.8, 4) is 0 Å². The first-order valence-corrected chi connectivity index (χ1v) is 6.62. The monoisotopic (exact) mass is 263 g/mol. The molecule has 0 spiro atoms. The van der Waals surface area contributed by atoms with Crippen LogP contribution in [0.25, 0.3) is 0 Å². The Morgan fingerprint density at radius 1 is 1.16 bits per heavy atom. The van der Waals surface area contributed by atoms with Crippen LogP contribution in [0.15, 0.2) is 33.1 Å². The van der Waals surface area contributed by atoms with Gasteiger partial charge >= 0.3 is 0 Å². The van der Waals surface area contributed by atoms with Crippen molar-refractivity contribution in [2.75, 3.05) is 13.7 Å². The highest BCUT2D eigenvalue weighted by Crippen LogP contribution is 2.26. The lowest BCUT2D eigenvalue weighted by Gasteiger charge is -2.13. The van der Waals surface area contributed by atoms with Gasteiger partial charge in [0.2, 0.25) is 0 Å². The van der Waals surface area contributed by atoms with Crippen LogP contribution in [0.4, 0.5) is 0 Å². The fourth-order valence-electron chi connectivity index (χ4n) is 2.01. The number of hydrogen-bond acceptors (Lipinski definition) is 4. The predicted octanol–water partition coefficient (Wildman–Crippen LogP) is 3.42. The number of hydrogen-bond donors (Lipinski definition) is 1. The quantitative estimate of drug-likeness (QED) is 0.831. The fraction of sp³-hybridized carbons (Fsp3) is 0.467. The summed E-state index contributed by atoms with van der Waals surface area (Å²) in [5.41, 5.74) is 0. The van der Waals surface area contributed by atoms with Crippen molar-refractivity contribution < 1.29 is 13.6 Å². The number of ether oxygens (including phenoxy) is 1. The second kappa shape index (κ2) is 6.59. The molecule has 2 heterocycles. The standard InChI is InChI=1S/C15H21NO3/c1-4-9-16-15(13-7-5-11(2)18-13)14-8-6-12(19-14)10-17-3/h5-8,15-16H,4,9-10H2,1-3H3. The summed E-state index contributed by atoms with van der Waals surface area (Å²) >= 11 is 0. The van der Waals surface area contributed by atoms with E-state index in [1.165, 1.54) is 0 Å². The molecular formula is C15H21NO3. The predicted molar refractivity (Wildman–Crippen MR) is 73.0 cm³/mol. The molecule has 0 aliphatic rings. The summed E-state index contributed by atoms with van der Waals surface area (Å²) in [6.07, 6.45) is 1.06. The Kier molecular flexibility index (Phi) is 4.82. The van der Waals surface area contributed by atoms with Crippen LogP contribution in [0.5, 0.6) is 0 Å². The smallest absolute Gasteiger partial charge is 0.129 e. The summed E-state index contributed by atoms with van der Waals surface area (Å²) in [5.74, 6) is 3.46. The van der Waals surface area contributed by atoms with Crippen molar-refractivity contribution in [1.29, 1.82) is 0 Å². The zero-order valence-electron chi connectivity index (χ0n) is 11.7. The van der Waals surface area contributed by atoms with Crippen molar-refractivity contribution in [3.05, 3.63) is 47.3 Å². The lowest BCUT2D eigenvalue weighted by molar-refractivity contribution is 0.161. The van der Waals surface area contributed by atoms with E-state index in [0.29, 0.717) is 6.61 Å². The summed E-state index contributed by atoms with van der Waals surface area (Å²) < 4.78 is 16.6. The SMILES string of the molecule is CCCNC(c1ccc(C)o1)c1ccc(COC)o1. The van der Waals surface area contributed by atoms with Crippen LogP contribution >= 0.6 is 0 Å². The minimum absolute atomic E-state index is 0.0424. The third-order valence-corrected chi connectivity index (χ3v) is 2.90. The Labute approximate surface area is 113 Å². The first-order valence-electron chi connectivity index (χ1n) is 6.62. The highest BCUT2D eigenvalue weighted by atomic mass is 16.5. The second-order valence-corrected chi connectivity index (χ2v) is 4.57. The fourth-order valence-corrected chi connectivity index (χ4v) is 2.01. The van der Waals surface area contributed by atoms with Crippen molar-refractivity contribution in [3.63, 3.8) is 0 Å². The topological polar surface area (TPSA) is 47.5 Å². The van der Waals surface area contributed by atoms with Crippen LogP contribution in [-0.4, -0.2) is 13.7 Å². The van der Waals surface area contributed by atoms with E-state index in [1.54, 1.807) is 7.11 Å². The molecule has 0 amide bonds. The van der Waals surface area contributed by atoms with E-state index < -0.39 is 0 Å². The third-order valence-electron chi connectivity index (χ3n) is 2.90. The molecule has 4 nitrogen and oxygen atoms in total. The minimum Gasteiger partial charge on any atom is -0.464 e. The van der Waals surface area contributed by atoms with Crippen molar-refractivity contribution in [1.82, 2.24) is 5.32 Å². The molecule has 104 valence electrons. The second-order valence-electron chi connectivity index (χ2n) is 4.57. The lowest BCUT2D eigenvalue weighted by atomic mass is 10.1. The van der Waals surface area contributed by atoms with E-state index >= 15 is 0 Å². The molecule has 0 bridgehead atoms. The van der Waals surface area contributed by atoms with Gasteiger partial charge in [-0.1, -0.05) is 6.92 Å². The van der Waals surface area contributed by atoms with Gasteiger partial charge in [0, 0.05) is 7.11 Å². The van der Waals surface area contributed by atoms with Crippen LogP contribution in [-0.2, 0) is 11.3 Å². The Bertz CT molecular complexity index is 501. The van der Waals surface area contributed by atoms with E-state index in [1.807, 2.05) is 31.2 Å². The average Bonchev–Trinajstić information content (AvgIpc) is 3.01. The normalized spacial score (nSPS) is 12.8. The van der Waals surface area contributed by atoms with E-state index in [0.717, 1.165) is 36.0 Å². The summed E-state index contributed by atoms with van der Waals surface area (Å²) in [6.45, 7) is 5.47. The van der Waals surface area contributed by atoms with Gasteiger partial charge in [-0.15, -0.1) is 0 Å². The molecule has 2 rings (SSSR count). The molecular weight excluding hydrogens is 242 g/mol. The molecule has 1 atom stereocenters. The van der Waals surface area contributed by atoms with Crippen LogP contribution in [0.1, 0.15) is 42.4 Å². The molecule has 0 aliphatic carbocycles. The van der Waals surface area contributed by atoms with Gasteiger partial charge in [-0.05, 0) is 44.2 Å². The summed E-state index contributed by atoms with van der Waals surface area (Å²) in [4.78, 5) is 0. The summed E-state index contributed by atoms with van der Waals surface area (Å²) in [7, 11) is 1.66. The highest BCUT2D eigenvalue weighted by molar-refractivity contribution is 5.21. The van der Waals surface area contributed by atoms with Gasteiger partial charge in [-0.2, -0.15) is 0 Å². The van der Waals surface area contributed by atoms with Gasteiger partial charge in [-0.25, -0.2) is 0 Å². The average molecular weight is 263 g/mol. The van der Waals surface area contributed by atoms with Crippen LogP contribution in [0, 0.1) is 6.92 Å². The molecule has 0 saturated heterocycles. The number of aryl methyl sites for hydroxylation is 1. The highest BCUT2D eigenvalue weighted by Gasteiger charge is 2.20. The minimum atomic E-state index is -0.0424. The zero-order chi connectivity index (χ0) is 13.7. The number of nitrogens with one attached hydrogen (secondary N) is 1. The van der Waals surface area contributed by atoms with Crippen LogP contribution < -0.4 is 5.32 Å². The van der Waals surface area contributed by atoms with Crippen LogP contribution in [0.3, 0.4) is 0 Å². The maximum absolute atomic E-state index is 5.80. The van der Waals surface area contributed by atoms with Crippen LogP contribution in [0.2, 0.25) is 0 Å². The van der Waals surface area contributed by atoms with Crippen molar-refractivity contribution in [2.45, 2.75) is 32.9 Å². The molecule has 4 heteroatoms. The number of methoxy groups -OCH3 is 1. The summed E-state index contributed by atoms with van der Waals surface area (Å²) in [6, 6.07) is 7.82. The molecule has 1 unspecified atom stereocenters. The van der Waals surface area contributed by atoms with Gasteiger partial charge in [0.05, 0.1) is 0 Å². The van der Waals surface area contributed by atoms with Gasteiger partial charge in [-0.3, -0.25) is 0 Å². The lowest BCUT2D eigenvalue weighted by Crippen LogP contribution is -2.22. The van der Waals surface area contributed by atoms with Crippen molar-refractivity contribution in [2.24, 2.45) is 0 Å². The third kappa shape index (κ3) is 3.49. The number of furan rings is 2. The maximum Gasteiger partial charge on any atom is 0.129 e. The largest absolute Gasteiger partial charge is 0.464 e. The zero-order valence-corrected chi connectivity index (χ0v) is 11.7. The Balaban J connectivity index is 2.20. The molecule has 1 N–H and O–H groups in total. The molecule has 0 fully saturated rings. The summed E-state index contributed by atoms with van der Waals surface area (Å²) in [5, 5.41) is 3.44. The molecule has 0 radical (unpaired) electrons. The molecule has 2 aromatic heterocycles. The van der Waals surface area contributed by atoms with Gasteiger partial charge in [0.15, 0.2) is 0 Å². The van der Waals surface area contributed by atoms with E-state index in [-0.39, 0.29) is 6.04 Å². The first-order chi connectivity index (χ1) is 9.24. The molecule has 0 aromatic carbocycles. The van der Waals surface area contributed by atoms with E-state index in [2.05, 4.69) is 12.2 Å². The Morgan fingerprint density at radius 2 is 1.89 bits per heavy atom. The number of rotatable bonds is 7.